The van der Waals surface area contributed by atoms with Crippen molar-refractivity contribution in [3.05, 3.63) is 77.0 Å². The molecule has 1 atom stereocenters. The van der Waals surface area contributed by atoms with Crippen LogP contribution in [0.3, 0.4) is 0 Å². The summed E-state index contributed by atoms with van der Waals surface area (Å²) < 4.78 is 5.60. The monoisotopic (exact) mass is 350 g/mol. The second kappa shape index (κ2) is 6.45. The second-order valence-corrected chi connectivity index (χ2v) is 7.00. The number of ether oxygens (including phenoxy) is 1. The fourth-order valence-corrected chi connectivity index (χ4v) is 3.45. The zero-order valence-corrected chi connectivity index (χ0v) is 14.5. The van der Waals surface area contributed by atoms with Crippen molar-refractivity contribution in [3.8, 4) is 0 Å². The van der Waals surface area contributed by atoms with Crippen LogP contribution in [0.1, 0.15) is 35.6 Å². The van der Waals surface area contributed by atoms with Gasteiger partial charge in [0.15, 0.2) is 11.0 Å². The number of esters is 1. The van der Waals surface area contributed by atoms with E-state index in [1.165, 1.54) is 12.8 Å². The Morgan fingerprint density at radius 2 is 1.72 bits per heavy atom. The number of carbonyl (C=O) groups is 1. The van der Waals surface area contributed by atoms with Crippen LogP contribution in [0.2, 0.25) is 0 Å². The maximum atomic E-state index is 12.1. The molecule has 1 fully saturated rings. The van der Waals surface area contributed by atoms with Gasteiger partial charge in [-0.1, -0.05) is 66.8 Å². The van der Waals surface area contributed by atoms with Crippen LogP contribution in [0.25, 0.3) is 5.57 Å². The molecule has 0 radical (unpaired) electrons. The Balaban J connectivity index is 1.86. The minimum absolute atomic E-state index is 0.136. The van der Waals surface area contributed by atoms with Crippen LogP contribution >= 0.6 is 12.2 Å². The van der Waals surface area contributed by atoms with Gasteiger partial charge in [0.1, 0.15) is 5.76 Å². The standard InChI is InChI=1S/C21H18O3S/c22-18-17(16-9-5-4-8-15(16)12-13-10-11-13)19(24-21(23)20(18)25)14-6-2-1-3-7-14/h1-9,13,19,22H,10-12H2. The molecule has 1 saturated carbocycles. The van der Waals surface area contributed by atoms with Crippen molar-refractivity contribution in [3.63, 3.8) is 0 Å². The van der Waals surface area contributed by atoms with Gasteiger partial charge < -0.3 is 9.84 Å². The second-order valence-electron chi connectivity index (χ2n) is 6.59. The largest absolute Gasteiger partial charge is 0.506 e. The quantitative estimate of drug-likeness (QED) is 0.648. The summed E-state index contributed by atoms with van der Waals surface area (Å²) in [5.41, 5.74) is 3.48. The maximum absolute atomic E-state index is 12.1. The van der Waals surface area contributed by atoms with E-state index in [2.05, 4.69) is 6.07 Å². The molecule has 1 N–H and O–H groups in total. The van der Waals surface area contributed by atoms with Gasteiger partial charge in [-0.15, -0.1) is 0 Å². The van der Waals surface area contributed by atoms with Crippen LogP contribution in [0.5, 0.6) is 0 Å². The molecule has 2 aromatic rings. The van der Waals surface area contributed by atoms with E-state index in [0.29, 0.717) is 11.5 Å². The fourth-order valence-electron chi connectivity index (χ4n) is 3.29. The van der Waals surface area contributed by atoms with E-state index in [-0.39, 0.29) is 10.6 Å². The van der Waals surface area contributed by atoms with E-state index < -0.39 is 12.1 Å². The first-order valence-corrected chi connectivity index (χ1v) is 8.87. The molecule has 2 aliphatic rings. The average Bonchev–Trinajstić information content (AvgIpc) is 3.45. The smallest absolute Gasteiger partial charge is 0.353 e. The number of aliphatic hydroxyl groups excluding tert-OH is 1. The van der Waals surface area contributed by atoms with Crippen molar-refractivity contribution in [2.75, 3.05) is 0 Å². The Kier molecular flexibility index (Phi) is 4.14. The minimum Gasteiger partial charge on any atom is -0.506 e. The molecule has 0 bridgehead atoms. The predicted molar refractivity (Wildman–Crippen MR) is 100 cm³/mol. The van der Waals surface area contributed by atoms with Crippen LogP contribution < -0.4 is 0 Å². The van der Waals surface area contributed by atoms with Gasteiger partial charge in [-0.05, 0) is 41.9 Å². The first kappa shape index (κ1) is 16.0. The first-order chi connectivity index (χ1) is 12.1. The zero-order valence-electron chi connectivity index (χ0n) is 13.6. The number of aliphatic hydroxyl groups is 1. The van der Waals surface area contributed by atoms with Gasteiger partial charge in [-0.25, -0.2) is 4.79 Å². The number of benzene rings is 2. The summed E-state index contributed by atoms with van der Waals surface area (Å²) >= 11 is 5.09. The minimum atomic E-state index is -0.652. The molecular weight excluding hydrogens is 332 g/mol. The van der Waals surface area contributed by atoms with Gasteiger partial charge in [-0.2, -0.15) is 0 Å². The number of hydrogen-bond acceptors (Lipinski definition) is 4. The zero-order chi connectivity index (χ0) is 17.4. The van der Waals surface area contributed by atoms with Gasteiger partial charge in [0.05, 0.1) is 0 Å². The summed E-state index contributed by atoms with van der Waals surface area (Å²) in [5.74, 6) is -0.0784. The SMILES string of the molecule is O=C1OC(c2ccccc2)C(c2ccccc2CC2CC2)=C(O)C1=S. The average molecular weight is 350 g/mol. The Bertz CT molecular complexity index is 866. The molecule has 0 amide bonds. The summed E-state index contributed by atoms with van der Waals surface area (Å²) in [7, 11) is 0. The Labute approximate surface area is 151 Å². The van der Waals surface area contributed by atoms with Crippen molar-refractivity contribution in [2.45, 2.75) is 25.4 Å². The summed E-state index contributed by atoms with van der Waals surface area (Å²) in [5, 5.41) is 10.7. The lowest BCUT2D eigenvalue weighted by molar-refractivity contribution is -0.138. The highest BCUT2D eigenvalue weighted by Crippen LogP contribution is 2.42. The van der Waals surface area contributed by atoms with Crippen LogP contribution in [0.4, 0.5) is 0 Å². The summed E-state index contributed by atoms with van der Waals surface area (Å²) in [6.07, 6.45) is 2.81. The lowest BCUT2D eigenvalue weighted by Gasteiger charge is -2.28. The molecule has 0 aromatic heterocycles. The normalized spacial score (nSPS) is 20.6. The van der Waals surface area contributed by atoms with Gasteiger partial charge in [-0.3, -0.25) is 0 Å². The number of cyclic esters (lactones) is 1. The summed E-state index contributed by atoms with van der Waals surface area (Å²) in [6, 6.07) is 17.5. The summed E-state index contributed by atoms with van der Waals surface area (Å²) in [4.78, 5) is 11.9. The van der Waals surface area contributed by atoms with E-state index in [4.69, 9.17) is 17.0 Å². The molecule has 0 saturated heterocycles. The third kappa shape index (κ3) is 3.10. The van der Waals surface area contributed by atoms with E-state index in [1.807, 2.05) is 48.5 Å². The third-order valence-electron chi connectivity index (χ3n) is 4.76. The molecule has 4 rings (SSSR count). The lowest BCUT2D eigenvalue weighted by Crippen LogP contribution is -2.28. The van der Waals surface area contributed by atoms with Crippen molar-refractivity contribution in [1.82, 2.24) is 0 Å². The number of rotatable bonds is 4. The van der Waals surface area contributed by atoms with Crippen LogP contribution in [0, 0.1) is 5.92 Å². The molecule has 1 heterocycles. The molecule has 2 aromatic carbocycles. The van der Waals surface area contributed by atoms with E-state index in [9.17, 15) is 9.90 Å². The maximum Gasteiger partial charge on any atom is 0.353 e. The Hall–Kier alpha value is -2.46. The summed E-state index contributed by atoms with van der Waals surface area (Å²) in [6.45, 7) is 0. The van der Waals surface area contributed by atoms with Crippen LogP contribution in [-0.2, 0) is 16.0 Å². The molecule has 3 nitrogen and oxygen atoms in total. The van der Waals surface area contributed by atoms with Crippen molar-refractivity contribution in [2.24, 2.45) is 5.92 Å². The van der Waals surface area contributed by atoms with Gasteiger partial charge in [0, 0.05) is 5.57 Å². The highest BCUT2D eigenvalue weighted by molar-refractivity contribution is 7.82. The number of carbonyl (C=O) groups excluding carboxylic acids is 1. The molecule has 126 valence electrons. The van der Waals surface area contributed by atoms with Gasteiger partial charge in [0.2, 0.25) is 0 Å². The molecule has 1 aliphatic heterocycles. The Morgan fingerprint density at radius 1 is 1.04 bits per heavy atom. The van der Waals surface area contributed by atoms with E-state index in [1.54, 1.807) is 0 Å². The van der Waals surface area contributed by atoms with Crippen molar-refractivity contribution < 1.29 is 14.6 Å². The predicted octanol–water partition coefficient (Wildman–Crippen LogP) is 4.58. The molecule has 4 heteroatoms. The highest BCUT2D eigenvalue weighted by Gasteiger charge is 2.36. The lowest BCUT2D eigenvalue weighted by atomic mass is 9.87. The van der Waals surface area contributed by atoms with E-state index >= 15 is 0 Å². The number of thiocarbonyl (C=S) groups is 1. The fraction of sp³-hybridized carbons (Fsp3) is 0.238. The number of hydrogen-bond donors (Lipinski definition) is 1. The molecule has 1 aliphatic carbocycles. The van der Waals surface area contributed by atoms with Crippen molar-refractivity contribution in [1.29, 1.82) is 0 Å². The Morgan fingerprint density at radius 3 is 2.44 bits per heavy atom. The molecule has 0 spiro atoms. The van der Waals surface area contributed by atoms with E-state index in [0.717, 1.165) is 23.1 Å². The highest BCUT2D eigenvalue weighted by atomic mass is 32.1. The van der Waals surface area contributed by atoms with Crippen LogP contribution in [0.15, 0.2) is 60.4 Å². The molecular formula is C21H18O3S. The van der Waals surface area contributed by atoms with Crippen LogP contribution in [-0.4, -0.2) is 15.9 Å². The topological polar surface area (TPSA) is 46.5 Å². The first-order valence-electron chi connectivity index (χ1n) is 8.47. The van der Waals surface area contributed by atoms with Gasteiger partial charge >= 0.3 is 5.97 Å². The van der Waals surface area contributed by atoms with Gasteiger partial charge in [0.25, 0.3) is 0 Å². The molecule has 1 unspecified atom stereocenters. The van der Waals surface area contributed by atoms with Crippen molar-refractivity contribution >= 4 is 28.6 Å². The third-order valence-corrected chi connectivity index (χ3v) is 5.12. The molecule has 25 heavy (non-hydrogen) atoms.